The summed E-state index contributed by atoms with van der Waals surface area (Å²) < 4.78 is 37.5. The van der Waals surface area contributed by atoms with E-state index >= 15 is 0 Å². The van der Waals surface area contributed by atoms with Gasteiger partial charge in [-0.1, -0.05) is 25.5 Å². The quantitative estimate of drug-likeness (QED) is 0.681. The van der Waals surface area contributed by atoms with Crippen molar-refractivity contribution < 1.29 is 13.2 Å². The monoisotopic (exact) mass is 216 g/mol. The third-order valence-corrected chi connectivity index (χ3v) is 2.61. The molecule has 1 aromatic rings. The number of rotatable bonds is 2. The SMILES string of the molecule is CCC(C)c1cc(C)cc(C(F)(F)F)c1. The van der Waals surface area contributed by atoms with Crippen molar-refractivity contribution in [2.75, 3.05) is 0 Å². The van der Waals surface area contributed by atoms with Crippen molar-refractivity contribution in [3.63, 3.8) is 0 Å². The van der Waals surface area contributed by atoms with Crippen LogP contribution in [0.25, 0.3) is 0 Å². The van der Waals surface area contributed by atoms with Crippen molar-refractivity contribution in [1.29, 1.82) is 0 Å². The Hall–Kier alpha value is -0.990. The van der Waals surface area contributed by atoms with E-state index in [-0.39, 0.29) is 5.92 Å². The molecule has 0 saturated carbocycles. The summed E-state index contributed by atoms with van der Waals surface area (Å²) in [5.41, 5.74) is 0.891. The maximum atomic E-state index is 12.5. The maximum Gasteiger partial charge on any atom is 0.416 e. The fourth-order valence-corrected chi connectivity index (χ4v) is 1.50. The molecule has 0 aliphatic carbocycles. The fraction of sp³-hybridized carbons (Fsp3) is 0.500. The van der Waals surface area contributed by atoms with Crippen LogP contribution < -0.4 is 0 Å². The highest BCUT2D eigenvalue weighted by molar-refractivity contribution is 5.33. The molecule has 0 saturated heterocycles. The Kier molecular flexibility index (Phi) is 3.42. The van der Waals surface area contributed by atoms with Gasteiger partial charge in [-0.2, -0.15) is 13.2 Å². The molecule has 0 bridgehead atoms. The Labute approximate surface area is 88.1 Å². The molecule has 1 unspecified atom stereocenters. The molecule has 0 aliphatic rings. The second-order valence-corrected chi connectivity index (χ2v) is 3.94. The van der Waals surface area contributed by atoms with E-state index in [1.165, 1.54) is 12.1 Å². The van der Waals surface area contributed by atoms with Gasteiger partial charge in [0.1, 0.15) is 0 Å². The number of hydrogen-bond donors (Lipinski definition) is 0. The lowest BCUT2D eigenvalue weighted by molar-refractivity contribution is -0.137. The van der Waals surface area contributed by atoms with Crippen LogP contribution >= 0.6 is 0 Å². The van der Waals surface area contributed by atoms with Crippen LogP contribution in [0, 0.1) is 6.92 Å². The standard InChI is InChI=1S/C12H15F3/c1-4-9(3)10-5-8(2)6-11(7-10)12(13,14)15/h5-7,9H,4H2,1-3H3. The first-order valence-corrected chi connectivity index (χ1v) is 5.03. The van der Waals surface area contributed by atoms with Crippen molar-refractivity contribution in [1.82, 2.24) is 0 Å². The molecule has 0 radical (unpaired) electrons. The van der Waals surface area contributed by atoms with Crippen molar-refractivity contribution >= 4 is 0 Å². The topological polar surface area (TPSA) is 0 Å². The normalized spacial score (nSPS) is 14.0. The second-order valence-electron chi connectivity index (χ2n) is 3.94. The molecule has 0 nitrogen and oxygen atoms in total. The molecule has 1 aromatic carbocycles. The zero-order valence-electron chi connectivity index (χ0n) is 9.15. The van der Waals surface area contributed by atoms with Crippen molar-refractivity contribution in [3.8, 4) is 0 Å². The van der Waals surface area contributed by atoms with Gasteiger partial charge in [-0.15, -0.1) is 0 Å². The van der Waals surface area contributed by atoms with Gasteiger partial charge in [0.25, 0.3) is 0 Å². The minimum absolute atomic E-state index is 0.172. The Morgan fingerprint density at radius 2 is 1.80 bits per heavy atom. The van der Waals surface area contributed by atoms with Gasteiger partial charge in [-0.05, 0) is 37.0 Å². The van der Waals surface area contributed by atoms with E-state index in [9.17, 15) is 13.2 Å². The highest BCUT2D eigenvalue weighted by Crippen LogP contribution is 2.32. The maximum absolute atomic E-state index is 12.5. The molecular weight excluding hydrogens is 201 g/mol. The van der Waals surface area contributed by atoms with Crippen molar-refractivity contribution in [2.45, 2.75) is 39.3 Å². The van der Waals surface area contributed by atoms with Crippen molar-refractivity contribution in [2.24, 2.45) is 0 Å². The molecule has 3 heteroatoms. The zero-order valence-corrected chi connectivity index (χ0v) is 9.15. The lowest BCUT2D eigenvalue weighted by Gasteiger charge is -2.14. The first-order valence-electron chi connectivity index (χ1n) is 5.03. The first kappa shape index (κ1) is 12.1. The van der Waals surface area contributed by atoms with Crippen LogP contribution in [0.4, 0.5) is 13.2 Å². The van der Waals surface area contributed by atoms with Gasteiger partial charge in [0.05, 0.1) is 5.56 Å². The third-order valence-electron chi connectivity index (χ3n) is 2.61. The summed E-state index contributed by atoms with van der Waals surface area (Å²) >= 11 is 0. The summed E-state index contributed by atoms with van der Waals surface area (Å²) in [4.78, 5) is 0. The van der Waals surface area contributed by atoms with E-state index in [4.69, 9.17) is 0 Å². The first-order chi connectivity index (χ1) is 6.84. The fourth-order valence-electron chi connectivity index (χ4n) is 1.50. The van der Waals surface area contributed by atoms with Gasteiger partial charge in [0.2, 0.25) is 0 Å². The van der Waals surface area contributed by atoms with Crippen molar-refractivity contribution in [3.05, 3.63) is 34.9 Å². The summed E-state index contributed by atoms with van der Waals surface area (Å²) in [5.74, 6) is 0.172. The predicted octanol–water partition coefficient (Wildman–Crippen LogP) is 4.53. The molecule has 0 aromatic heterocycles. The molecule has 15 heavy (non-hydrogen) atoms. The summed E-state index contributed by atoms with van der Waals surface area (Å²) in [6.07, 6.45) is -3.39. The average molecular weight is 216 g/mol. The van der Waals surface area contributed by atoms with Gasteiger partial charge in [0, 0.05) is 0 Å². The molecule has 84 valence electrons. The van der Waals surface area contributed by atoms with E-state index in [1.807, 2.05) is 19.9 Å². The zero-order chi connectivity index (χ0) is 11.6. The highest BCUT2D eigenvalue weighted by Gasteiger charge is 2.31. The Balaban J connectivity index is 3.17. The predicted molar refractivity (Wildman–Crippen MR) is 54.9 cm³/mol. The molecule has 1 rings (SSSR count). The summed E-state index contributed by atoms with van der Waals surface area (Å²) in [6, 6.07) is 4.26. The number of hydrogen-bond acceptors (Lipinski definition) is 0. The molecule has 0 heterocycles. The molecule has 0 spiro atoms. The number of aryl methyl sites for hydroxylation is 1. The highest BCUT2D eigenvalue weighted by atomic mass is 19.4. The summed E-state index contributed by atoms with van der Waals surface area (Å²) in [5, 5.41) is 0. The van der Waals surface area contributed by atoms with E-state index in [0.29, 0.717) is 5.56 Å². The van der Waals surface area contributed by atoms with Crippen LogP contribution in [-0.2, 0) is 6.18 Å². The van der Waals surface area contributed by atoms with E-state index in [2.05, 4.69) is 0 Å². The van der Waals surface area contributed by atoms with Crippen LogP contribution in [0.15, 0.2) is 18.2 Å². The summed E-state index contributed by atoms with van der Waals surface area (Å²) in [6.45, 7) is 5.61. The third kappa shape index (κ3) is 2.98. The van der Waals surface area contributed by atoms with E-state index in [0.717, 1.165) is 12.0 Å². The Morgan fingerprint density at radius 1 is 1.20 bits per heavy atom. The average Bonchev–Trinajstić information content (AvgIpc) is 2.14. The Bertz CT molecular complexity index is 339. The van der Waals surface area contributed by atoms with Gasteiger partial charge in [0.15, 0.2) is 0 Å². The molecule has 1 atom stereocenters. The largest absolute Gasteiger partial charge is 0.416 e. The number of halogens is 3. The molecule has 0 amide bonds. The minimum Gasteiger partial charge on any atom is -0.166 e. The van der Waals surface area contributed by atoms with Crippen LogP contribution in [0.5, 0.6) is 0 Å². The Morgan fingerprint density at radius 3 is 2.27 bits per heavy atom. The minimum atomic E-state index is -4.24. The smallest absolute Gasteiger partial charge is 0.166 e. The lowest BCUT2D eigenvalue weighted by Crippen LogP contribution is -2.07. The van der Waals surface area contributed by atoms with E-state index < -0.39 is 11.7 Å². The molecule has 0 aliphatic heterocycles. The van der Waals surface area contributed by atoms with Crippen LogP contribution in [-0.4, -0.2) is 0 Å². The van der Waals surface area contributed by atoms with Gasteiger partial charge >= 0.3 is 6.18 Å². The molecular formula is C12H15F3. The number of benzene rings is 1. The second kappa shape index (κ2) is 4.25. The number of alkyl halides is 3. The van der Waals surface area contributed by atoms with E-state index in [1.54, 1.807) is 6.92 Å². The van der Waals surface area contributed by atoms with Gasteiger partial charge in [-0.3, -0.25) is 0 Å². The van der Waals surface area contributed by atoms with Crippen LogP contribution in [0.1, 0.15) is 42.9 Å². The summed E-state index contributed by atoms with van der Waals surface area (Å²) in [7, 11) is 0. The van der Waals surface area contributed by atoms with Crippen LogP contribution in [0.3, 0.4) is 0 Å². The molecule has 0 fully saturated rings. The van der Waals surface area contributed by atoms with Gasteiger partial charge in [-0.25, -0.2) is 0 Å². The van der Waals surface area contributed by atoms with Gasteiger partial charge < -0.3 is 0 Å². The lowest BCUT2D eigenvalue weighted by atomic mass is 9.95. The van der Waals surface area contributed by atoms with Crippen LogP contribution in [0.2, 0.25) is 0 Å². The molecule has 0 N–H and O–H groups in total.